The highest BCUT2D eigenvalue weighted by Crippen LogP contribution is 2.70. The normalized spacial score (nSPS) is 36.8. The molecule has 0 unspecified atom stereocenters. The summed E-state index contributed by atoms with van der Waals surface area (Å²) in [6, 6.07) is 9.01. The van der Waals surface area contributed by atoms with Crippen LogP contribution in [0.4, 0.5) is 14.5 Å². The van der Waals surface area contributed by atoms with E-state index >= 15 is 0 Å². The molecule has 2 saturated carbocycles. The Morgan fingerprint density at radius 2 is 1.85 bits per heavy atom. The van der Waals surface area contributed by atoms with Crippen molar-refractivity contribution in [1.29, 1.82) is 0 Å². The smallest absolute Gasteiger partial charge is 0.272 e. The molecule has 0 aromatic heterocycles. The Balaban J connectivity index is 1.51. The summed E-state index contributed by atoms with van der Waals surface area (Å²) in [5.74, 6) is 1.18. The van der Waals surface area contributed by atoms with Crippen LogP contribution in [0.15, 0.2) is 58.7 Å². The lowest BCUT2D eigenvalue weighted by atomic mass is 9.50. The van der Waals surface area contributed by atoms with Gasteiger partial charge in [0, 0.05) is 43.1 Å². The third kappa shape index (κ3) is 3.06. The van der Waals surface area contributed by atoms with Crippen LogP contribution >= 0.6 is 0 Å². The summed E-state index contributed by atoms with van der Waals surface area (Å²) in [5.41, 5.74) is 6.65. The molecule has 182 valence electrons. The second kappa shape index (κ2) is 8.05. The van der Waals surface area contributed by atoms with E-state index in [1.165, 1.54) is 30.5 Å². The predicted octanol–water partition coefficient (Wildman–Crippen LogP) is 7.78. The maximum Gasteiger partial charge on any atom is 0.272 e. The molecule has 1 aliphatic heterocycles. The van der Waals surface area contributed by atoms with Gasteiger partial charge in [0.2, 0.25) is 0 Å². The van der Waals surface area contributed by atoms with Crippen molar-refractivity contribution in [2.45, 2.75) is 76.2 Å². The van der Waals surface area contributed by atoms with Crippen LogP contribution in [0.3, 0.4) is 0 Å². The van der Waals surface area contributed by atoms with Crippen molar-refractivity contribution in [3.63, 3.8) is 0 Å². The molecule has 0 amide bonds. The van der Waals surface area contributed by atoms with Crippen LogP contribution in [0.5, 0.6) is 0 Å². The third-order valence-electron chi connectivity index (χ3n) is 10.1. The summed E-state index contributed by atoms with van der Waals surface area (Å²) in [6.07, 6.45) is 9.94. The minimum atomic E-state index is -1.49. The molecule has 1 aromatic carbocycles. The summed E-state index contributed by atoms with van der Waals surface area (Å²) in [5, 5.41) is 0. The number of anilines is 1. The van der Waals surface area contributed by atoms with Crippen LogP contribution < -0.4 is 4.90 Å². The number of rotatable bonds is 2. The van der Waals surface area contributed by atoms with E-state index in [2.05, 4.69) is 56.3 Å². The predicted molar refractivity (Wildman–Crippen MR) is 133 cm³/mol. The van der Waals surface area contributed by atoms with E-state index in [-0.39, 0.29) is 11.3 Å². The van der Waals surface area contributed by atoms with Crippen molar-refractivity contribution < 1.29 is 13.5 Å². The first-order valence-electron chi connectivity index (χ1n) is 13.2. The highest BCUT2D eigenvalue weighted by Gasteiger charge is 2.67. The second-order valence-electron chi connectivity index (χ2n) is 11.7. The molecule has 5 atom stereocenters. The Kier molecular flexibility index (Phi) is 5.33. The van der Waals surface area contributed by atoms with Gasteiger partial charge in [0.1, 0.15) is 5.60 Å². The minimum absolute atomic E-state index is 0.266. The standard InChI is InChI=1S/C30H37F2NO/c1-29-18-24(20-8-11-21(12-9-20)33(2)3)27-22-7-5-4-6-19(22)10-13-23(27)25(29)14-16-30(29)26(28(31)32)15-17-34-30/h6,8-9,11-12,23-25H,4-5,7,10,13-18H2,1-3H3/t23-,24+,25-,29-,30-/m0/s1. The van der Waals surface area contributed by atoms with Gasteiger partial charge in [-0.15, -0.1) is 0 Å². The summed E-state index contributed by atoms with van der Waals surface area (Å²) in [7, 11) is 4.14. The number of hydrogen-bond donors (Lipinski definition) is 0. The second-order valence-corrected chi connectivity index (χ2v) is 11.7. The average Bonchev–Trinajstić information content (AvgIpc) is 3.41. The molecule has 3 fully saturated rings. The van der Waals surface area contributed by atoms with Gasteiger partial charge in [-0.1, -0.05) is 30.7 Å². The van der Waals surface area contributed by atoms with Crippen molar-refractivity contribution in [2.75, 3.05) is 25.6 Å². The monoisotopic (exact) mass is 465 g/mol. The molecular weight excluding hydrogens is 428 g/mol. The first kappa shape index (κ1) is 22.5. The Hall–Kier alpha value is -1.94. The number of hydrogen-bond acceptors (Lipinski definition) is 2. The molecule has 1 aromatic rings. The lowest BCUT2D eigenvalue weighted by Gasteiger charge is -2.55. The van der Waals surface area contributed by atoms with E-state index in [0.29, 0.717) is 30.4 Å². The first-order valence-corrected chi connectivity index (χ1v) is 13.2. The molecule has 6 rings (SSSR count). The summed E-state index contributed by atoms with van der Waals surface area (Å²) < 4.78 is 34.9. The SMILES string of the molecule is CN(C)c1ccc([C@H]2C[C@@]3(C)[C@@H](CC[C@@]34OCCC4=C(F)F)[C@@H]3CCC4=CCCCC4=C32)cc1. The Labute approximate surface area is 202 Å². The summed E-state index contributed by atoms with van der Waals surface area (Å²) in [6.45, 7) is 2.73. The molecule has 0 N–H and O–H groups in total. The van der Waals surface area contributed by atoms with Gasteiger partial charge in [0.25, 0.3) is 6.08 Å². The van der Waals surface area contributed by atoms with E-state index in [1.807, 2.05) is 0 Å². The Morgan fingerprint density at radius 3 is 2.59 bits per heavy atom. The molecule has 2 nitrogen and oxygen atoms in total. The number of benzene rings is 1. The van der Waals surface area contributed by atoms with Gasteiger partial charge in [-0.2, -0.15) is 8.78 Å². The van der Waals surface area contributed by atoms with E-state index in [0.717, 1.165) is 32.1 Å². The zero-order valence-electron chi connectivity index (χ0n) is 20.8. The van der Waals surface area contributed by atoms with Crippen LogP contribution in [0.2, 0.25) is 0 Å². The maximum atomic E-state index is 14.2. The number of nitrogens with zero attached hydrogens (tertiary/aromatic N) is 1. The molecule has 34 heavy (non-hydrogen) atoms. The van der Waals surface area contributed by atoms with Gasteiger partial charge in [-0.3, -0.25) is 0 Å². The van der Waals surface area contributed by atoms with Gasteiger partial charge in [0.05, 0.1) is 6.61 Å². The number of ether oxygens (including phenoxy) is 1. The average molecular weight is 466 g/mol. The van der Waals surface area contributed by atoms with Gasteiger partial charge < -0.3 is 9.64 Å². The Bertz CT molecular complexity index is 1080. The van der Waals surface area contributed by atoms with Gasteiger partial charge in [-0.25, -0.2) is 0 Å². The summed E-state index contributed by atoms with van der Waals surface area (Å²) in [4.78, 5) is 2.13. The molecule has 1 spiro atoms. The number of allylic oxidation sites excluding steroid dienone is 4. The minimum Gasteiger partial charge on any atom is -0.378 e. The van der Waals surface area contributed by atoms with Crippen molar-refractivity contribution in [2.24, 2.45) is 17.3 Å². The van der Waals surface area contributed by atoms with Crippen LogP contribution in [-0.4, -0.2) is 26.3 Å². The van der Waals surface area contributed by atoms with Crippen LogP contribution in [0.1, 0.15) is 76.2 Å². The van der Waals surface area contributed by atoms with Crippen molar-refractivity contribution in [3.8, 4) is 0 Å². The van der Waals surface area contributed by atoms with Crippen molar-refractivity contribution in [1.82, 2.24) is 0 Å². The van der Waals surface area contributed by atoms with Crippen molar-refractivity contribution in [3.05, 3.63) is 64.3 Å². The van der Waals surface area contributed by atoms with E-state index in [4.69, 9.17) is 4.74 Å². The van der Waals surface area contributed by atoms with Crippen LogP contribution in [0, 0.1) is 17.3 Å². The molecule has 5 aliphatic rings. The molecular formula is C30H37F2NO. The fourth-order valence-electron chi connectivity index (χ4n) is 8.65. The first-order chi connectivity index (χ1) is 16.4. The van der Waals surface area contributed by atoms with E-state index in [1.54, 1.807) is 16.7 Å². The molecule has 1 saturated heterocycles. The quantitative estimate of drug-likeness (QED) is 0.442. The molecule has 0 radical (unpaired) electrons. The van der Waals surface area contributed by atoms with E-state index in [9.17, 15) is 8.78 Å². The van der Waals surface area contributed by atoms with Gasteiger partial charge in [0.15, 0.2) is 0 Å². The molecule has 4 aliphatic carbocycles. The molecule has 4 heteroatoms. The van der Waals surface area contributed by atoms with Crippen molar-refractivity contribution >= 4 is 5.69 Å². The highest BCUT2D eigenvalue weighted by molar-refractivity contribution is 5.52. The lowest BCUT2D eigenvalue weighted by Crippen LogP contribution is -2.52. The third-order valence-corrected chi connectivity index (χ3v) is 10.1. The van der Waals surface area contributed by atoms with Crippen LogP contribution in [0.25, 0.3) is 0 Å². The fraction of sp³-hybridized carbons (Fsp3) is 0.600. The molecule has 1 heterocycles. The number of fused-ring (bicyclic) bond motifs is 5. The van der Waals surface area contributed by atoms with Crippen LogP contribution in [-0.2, 0) is 4.74 Å². The van der Waals surface area contributed by atoms with Gasteiger partial charge >= 0.3 is 0 Å². The zero-order chi connectivity index (χ0) is 23.7. The number of halogens is 2. The van der Waals surface area contributed by atoms with Gasteiger partial charge in [-0.05, 0) is 92.0 Å². The topological polar surface area (TPSA) is 12.5 Å². The molecule has 0 bridgehead atoms. The Morgan fingerprint density at radius 1 is 1.06 bits per heavy atom. The highest BCUT2D eigenvalue weighted by atomic mass is 19.3. The summed E-state index contributed by atoms with van der Waals surface area (Å²) >= 11 is 0. The maximum absolute atomic E-state index is 14.2. The zero-order valence-corrected chi connectivity index (χ0v) is 20.8. The van der Waals surface area contributed by atoms with E-state index < -0.39 is 11.7 Å². The lowest BCUT2D eigenvalue weighted by molar-refractivity contribution is -0.0892. The fourth-order valence-corrected chi connectivity index (χ4v) is 8.65. The largest absolute Gasteiger partial charge is 0.378 e.